The van der Waals surface area contributed by atoms with Crippen molar-refractivity contribution in [3.63, 3.8) is 0 Å². The summed E-state index contributed by atoms with van der Waals surface area (Å²) in [6, 6.07) is -0.943. The molecule has 2 fully saturated rings. The molecule has 3 aliphatic rings. The molecule has 0 aliphatic carbocycles. The van der Waals surface area contributed by atoms with Crippen LogP contribution in [-0.2, 0) is 28.5 Å². The first-order valence-corrected chi connectivity index (χ1v) is 17.3. The van der Waals surface area contributed by atoms with Crippen molar-refractivity contribution in [2.75, 3.05) is 0 Å². The number of Topliss-reactive ketones (excluding diaryl/α,β-unsaturated/α-hetero) is 1. The predicted octanol–water partition coefficient (Wildman–Crippen LogP) is 3.67. The van der Waals surface area contributed by atoms with E-state index in [1.54, 1.807) is 6.92 Å². The molecule has 0 saturated carbocycles. The molecule has 6 N–H and O–H groups in total. The molecular formula is C36H57NO10. The molecule has 266 valence electrons. The van der Waals surface area contributed by atoms with Crippen LogP contribution < -0.4 is 5.73 Å². The molecular weight excluding hydrogens is 606 g/mol. The first kappa shape index (κ1) is 39.2. The molecule has 3 rings (SSSR count). The quantitative estimate of drug-likeness (QED) is 0.272. The van der Waals surface area contributed by atoms with Crippen molar-refractivity contribution in [1.29, 1.82) is 0 Å². The second kappa shape index (κ2) is 19.7. The number of hydrogen-bond acceptors (Lipinski definition) is 11. The molecule has 47 heavy (non-hydrogen) atoms. The number of aliphatic hydroxyl groups excluding tert-OH is 3. The van der Waals surface area contributed by atoms with Gasteiger partial charge in [0, 0.05) is 50.9 Å². The molecule has 3 aliphatic heterocycles. The maximum Gasteiger partial charge on any atom is 0.306 e. The van der Waals surface area contributed by atoms with E-state index in [0.29, 0.717) is 64.2 Å². The highest BCUT2D eigenvalue weighted by Crippen LogP contribution is 2.37. The van der Waals surface area contributed by atoms with E-state index in [0.717, 1.165) is 0 Å². The van der Waals surface area contributed by atoms with Crippen molar-refractivity contribution < 1.29 is 49.0 Å². The number of rotatable bonds is 2. The highest BCUT2D eigenvalue weighted by atomic mass is 16.7. The zero-order valence-corrected chi connectivity index (χ0v) is 28.2. The minimum atomic E-state index is -1.53. The van der Waals surface area contributed by atoms with E-state index in [1.165, 1.54) is 0 Å². The third-order valence-electron chi connectivity index (χ3n) is 9.20. The maximum atomic E-state index is 12.4. The Bertz CT molecular complexity index is 1090. The van der Waals surface area contributed by atoms with Crippen molar-refractivity contribution in [3.8, 4) is 0 Å². The Morgan fingerprint density at radius 1 is 0.851 bits per heavy atom. The van der Waals surface area contributed by atoms with Gasteiger partial charge in [0.1, 0.15) is 18.0 Å². The summed E-state index contributed by atoms with van der Waals surface area (Å²) in [7, 11) is 0. The largest absolute Gasteiger partial charge is 0.462 e. The standard InChI is InChI=1S/C36H57NO10/c1-24-16-11-8-6-4-5-7-9-13-19-28(46-35-34(42)32(37)33(41)26(3)45-35)22-30-25(2)29(39)23-36(43,47-30)21-14-10-12-17-27(38)18-15-20-31(40)44-24/h4-9,11,13,24-26,28-30,32-35,39,41-43H,10,12,14-23,37H2,1-3H3/b6-4+,7-5+,11-8+,13-9+/t24-,25-,26?,28+,29+,30?,32?,33?,34?,35?,36-/m1/s1. The van der Waals surface area contributed by atoms with Crippen molar-refractivity contribution in [2.24, 2.45) is 11.7 Å². The van der Waals surface area contributed by atoms with E-state index >= 15 is 0 Å². The molecule has 11 nitrogen and oxygen atoms in total. The van der Waals surface area contributed by atoms with E-state index in [1.807, 2.05) is 62.5 Å². The number of cyclic esters (lactones) is 1. The average Bonchev–Trinajstić information content (AvgIpc) is 3.01. The summed E-state index contributed by atoms with van der Waals surface area (Å²) in [5.41, 5.74) is 6.04. The van der Waals surface area contributed by atoms with Crippen molar-refractivity contribution in [1.82, 2.24) is 0 Å². The van der Waals surface area contributed by atoms with Crippen LogP contribution in [0, 0.1) is 5.92 Å². The fraction of sp³-hybridized carbons (Fsp3) is 0.722. The molecule has 11 atom stereocenters. The number of ether oxygens (including phenoxy) is 4. The van der Waals surface area contributed by atoms with Crippen LogP contribution in [-0.4, -0.2) is 93.0 Å². The molecule has 6 unspecified atom stereocenters. The summed E-state index contributed by atoms with van der Waals surface area (Å²) in [5, 5.41) is 43.3. The second-order valence-electron chi connectivity index (χ2n) is 13.3. The summed E-state index contributed by atoms with van der Waals surface area (Å²) >= 11 is 0. The van der Waals surface area contributed by atoms with Crippen molar-refractivity contribution in [3.05, 3.63) is 48.6 Å². The number of ketones is 1. The zero-order chi connectivity index (χ0) is 34.4. The number of aliphatic hydroxyl groups is 4. The van der Waals surface area contributed by atoms with E-state index in [9.17, 15) is 30.0 Å². The normalized spacial score (nSPS) is 42.4. The Balaban J connectivity index is 1.74. The fourth-order valence-corrected chi connectivity index (χ4v) is 6.16. The minimum absolute atomic E-state index is 0.0753. The summed E-state index contributed by atoms with van der Waals surface area (Å²) < 4.78 is 23.7. The predicted molar refractivity (Wildman–Crippen MR) is 177 cm³/mol. The molecule has 0 spiro atoms. The van der Waals surface area contributed by atoms with E-state index in [4.69, 9.17) is 24.7 Å². The van der Waals surface area contributed by atoms with Gasteiger partial charge in [0.15, 0.2) is 12.1 Å². The Kier molecular flexibility index (Phi) is 16.4. The second-order valence-corrected chi connectivity index (χ2v) is 13.3. The molecule has 0 radical (unpaired) electrons. The molecule has 0 aromatic carbocycles. The van der Waals surface area contributed by atoms with E-state index in [2.05, 4.69) is 0 Å². The minimum Gasteiger partial charge on any atom is -0.462 e. The van der Waals surface area contributed by atoms with Gasteiger partial charge in [-0.2, -0.15) is 0 Å². The third-order valence-corrected chi connectivity index (χ3v) is 9.20. The molecule has 0 amide bonds. The molecule has 0 aromatic rings. The highest BCUT2D eigenvalue weighted by molar-refractivity contribution is 5.79. The smallest absolute Gasteiger partial charge is 0.306 e. The van der Waals surface area contributed by atoms with Crippen LogP contribution in [0.4, 0.5) is 0 Å². The first-order valence-electron chi connectivity index (χ1n) is 17.3. The van der Waals surface area contributed by atoms with Crippen molar-refractivity contribution in [2.45, 2.75) is 159 Å². The van der Waals surface area contributed by atoms with E-state index in [-0.39, 0.29) is 36.6 Å². The molecule has 2 saturated heterocycles. The van der Waals surface area contributed by atoms with E-state index < -0.39 is 54.7 Å². The highest BCUT2D eigenvalue weighted by Gasteiger charge is 2.46. The molecule has 3 heterocycles. The lowest BCUT2D eigenvalue weighted by Crippen LogP contribution is -2.61. The number of hydrogen-bond donors (Lipinski definition) is 5. The lowest BCUT2D eigenvalue weighted by Gasteiger charge is -2.45. The third kappa shape index (κ3) is 13.3. The lowest BCUT2D eigenvalue weighted by molar-refractivity contribution is -0.307. The number of allylic oxidation sites excluding steroid dienone is 6. The summed E-state index contributed by atoms with van der Waals surface area (Å²) in [4.78, 5) is 24.5. The maximum absolute atomic E-state index is 12.4. The van der Waals surface area contributed by atoms with Crippen LogP contribution in [0.2, 0.25) is 0 Å². The van der Waals surface area contributed by atoms with Gasteiger partial charge in [-0.1, -0.05) is 62.0 Å². The Morgan fingerprint density at radius 3 is 2.23 bits per heavy atom. The first-order chi connectivity index (χ1) is 22.4. The zero-order valence-electron chi connectivity index (χ0n) is 28.2. The average molecular weight is 664 g/mol. The summed E-state index contributed by atoms with van der Waals surface area (Å²) in [6.45, 7) is 5.38. The Labute approximate surface area is 279 Å². The van der Waals surface area contributed by atoms with Crippen LogP contribution >= 0.6 is 0 Å². The summed E-state index contributed by atoms with van der Waals surface area (Å²) in [5.74, 6) is -2.03. The van der Waals surface area contributed by atoms with Crippen LogP contribution in [0.15, 0.2) is 48.6 Å². The number of esters is 1. The van der Waals surface area contributed by atoms with Gasteiger partial charge in [-0.25, -0.2) is 0 Å². The van der Waals surface area contributed by atoms with Gasteiger partial charge in [0.2, 0.25) is 0 Å². The van der Waals surface area contributed by atoms with Crippen molar-refractivity contribution >= 4 is 11.8 Å². The number of fused-ring (bicyclic) bond motifs is 2. The van der Waals surface area contributed by atoms with Crippen LogP contribution in [0.25, 0.3) is 0 Å². The lowest BCUT2D eigenvalue weighted by atomic mass is 9.84. The number of nitrogens with two attached hydrogens (primary N) is 1. The van der Waals surface area contributed by atoms with Crippen LogP contribution in [0.3, 0.4) is 0 Å². The van der Waals surface area contributed by atoms with Gasteiger partial charge in [0.05, 0.1) is 36.6 Å². The number of carbonyl (C=O) groups is 2. The summed E-state index contributed by atoms with van der Waals surface area (Å²) in [6.07, 6.45) is 14.0. The van der Waals surface area contributed by atoms with Crippen LogP contribution in [0.5, 0.6) is 0 Å². The fourth-order valence-electron chi connectivity index (χ4n) is 6.16. The molecule has 11 heteroatoms. The van der Waals surface area contributed by atoms with Gasteiger partial charge in [-0.15, -0.1) is 0 Å². The Hall–Kier alpha value is -2.22. The molecule has 2 bridgehead atoms. The molecule has 0 aromatic heterocycles. The van der Waals surface area contributed by atoms with Gasteiger partial charge in [0.25, 0.3) is 0 Å². The number of carbonyl (C=O) groups excluding carboxylic acids is 2. The van der Waals surface area contributed by atoms with Crippen LogP contribution in [0.1, 0.15) is 97.8 Å². The monoisotopic (exact) mass is 663 g/mol. The topological polar surface area (TPSA) is 178 Å². The van der Waals surface area contributed by atoms with Gasteiger partial charge >= 0.3 is 5.97 Å². The van der Waals surface area contributed by atoms with Gasteiger partial charge in [-0.3, -0.25) is 9.59 Å². The SMILES string of the molecule is CC1OC(O[C@H]2C/C=C/C=C/C=C/C=C/C[C@@H](C)OC(=O)CCCC(=O)CCCCC[C@]3(O)C[C@H](O)[C@@H](C)C(C2)O3)C(O)C(N)C1O. The Morgan fingerprint density at radius 2 is 1.51 bits per heavy atom. The van der Waals surface area contributed by atoms with Gasteiger partial charge < -0.3 is 45.1 Å². The van der Waals surface area contributed by atoms with Gasteiger partial charge in [-0.05, 0) is 39.5 Å².